The monoisotopic (exact) mass is 444 g/mol. The molecule has 3 atom stereocenters. The molecule has 1 aromatic rings. The minimum absolute atomic E-state index is 0. The van der Waals surface area contributed by atoms with Crippen molar-refractivity contribution in [2.24, 2.45) is 0 Å². The van der Waals surface area contributed by atoms with Gasteiger partial charge in [-0.05, 0) is 42.5 Å². The molecule has 1 aromatic carbocycles. The third-order valence-electron chi connectivity index (χ3n) is 3.22. The Kier molecular flexibility index (Phi) is 16.6. The second-order valence-corrected chi connectivity index (χ2v) is 5.67. The number of ether oxygens (including phenoxy) is 2. The molecule has 0 aliphatic heterocycles. The van der Waals surface area contributed by atoms with Crippen molar-refractivity contribution >= 4 is 5.97 Å². The molecule has 1 unspecified atom stereocenters. The fraction of sp³-hybridized carbons (Fsp3) is 0.286. The minimum Gasteiger partial charge on any atom is -0.548 e. The number of rotatable bonds is 11. The molecule has 1 rings (SSSR count). The van der Waals surface area contributed by atoms with E-state index in [0.717, 1.165) is 0 Å². The number of aliphatic carboxylic acids is 1. The van der Waals surface area contributed by atoms with Gasteiger partial charge >= 0.3 is 51.4 Å². The van der Waals surface area contributed by atoms with E-state index in [2.05, 4.69) is 16.6 Å². The Morgan fingerprint density at radius 3 is 2.40 bits per heavy atom. The Labute approximate surface area is 216 Å². The first-order chi connectivity index (χ1) is 13.9. The van der Waals surface area contributed by atoms with Crippen LogP contribution >= 0.6 is 0 Å². The SMILES string of the molecule is O=C([O-])COC[C@H](O)C(O)C=C/C=C/C#C/C=C/[C@H](O)COc1ccc(F)cc1.[K+]. The smallest absolute Gasteiger partial charge is 0.548 e. The largest absolute Gasteiger partial charge is 1.00 e. The number of carboxylic acids is 1. The summed E-state index contributed by atoms with van der Waals surface area (Å²) < 4.78 is 22.7. The molecule has 0 spiro atoms. The fourth-order valence-electron chi connectivity index (χ4n) is 1.79. The van der Waals surface area contributed by atoms with Crippen LogP contribution in [0.4, 0.5) is 4.39 Å². The van der Waals surface area contributed by atoms with Gasteiger partial charge in [0.1, 0.15) is 36.5 Å². The van der Waals surface area contributed by atoms with Crippen molar-refractivity contribution < 1.29 is 90.5 Å². The van der Waals surface area contributed by atoms with Crippen molar-refractivity contribution in [3.05, 3.63) is 66.5 Å². The molecule has 9 heteroatoms. The summed E-state index contributed by atoms with van der Waals surface area (Å²) in [5.74, 6) is 3.99. The molecule has 0 saturated heterocycles. The predicted octanol–water partition coefficient (Wildman–Crippen LogP) is -3.27. The quantitative estimate of drug-likeness (QED) is 0.186. The number of carboxylic acid groups (broad SMARTS) is 1. The van der Waals surface area contributed by atoms with Crippen molar-refractivity contribution in [3.63, 3.8) is 0 Å². The topological polar surface area (TPSA) is 119 Å². The van der Waals surface area contributed by atoms with Crippen molar-refractivity contribution in [1.82, 2.24) is 0 Å². The molecule has 3 N–H and O–H groups in total. The van der Waals surface area contributed by atoms with Crippen molar-refractivity contribution in [3.8, 4) is 17.6 Å². The summed E-state index contributed by atoms with van der Waals surface area (Å²) in [6, 6.07) is 5.43. The first-order valence-electron chi connectivity index (χ1n) is 8.59. The van der Waals surface area contributed by atoms with E-state index >= 15 is 0 Å². The van der Waals surface area contributed by atoms with Crippen LogP contribution in [0.3, 0.4) is 0 Å². The van der Waals surface area contributed by atoms with Gasteiger partial charge < -0.3 is 34.7 Å². The van der Waals surface area contributed by atoms with Gasteiger partial charge in [0.15, 0.2) is 0 Å². The first-order valence-corrected chi connectivity index (χ1v) is 8.59. The van der Waals surface area contributed by atoms with Gasteiger partial charge in [0, 0.05) is 0 Å². The van der Waals surface area contributed by atoms with Gasteiger partial charge in [0.2, 0.25) is 0 Å². The van der Waals surface area contributed by atoms with E-state index in [0.29, 0.717) is 5.75 Å². The minimum atomic E-state index is -1.41. The molecule has 0 aromatic heterocycles. The predicted molar refractivity (Wildman–Crippen MR) is 101 cm³/mol. The number of benzene rings is 1. The maximum atomic E-state index is 12.8. The molecule has 30 heavy (non-hydrogen) atoms. The van der Waals surface area contributed by atoms with Crippen molar-refractivity contribution in [1.29, 1.82) is 0 Å². The Balaban J connectivity index is 0.00000841. The number of hydrogen-bond donors (Lipinski definition) is 3. The first kappa shape index (κ1) is 28.7. The van der Waals surface area contributed by atoms with E-state index in [1.807, 2.05) is 0 Å². The van der Waals surface area contributed by atoms with Gasteiger partial charge in [0.25, 0.3) is 0 Å². The van der Waals surface area contributed by atoms with Crippen LogP contribution in [-0.2, 0) is 9.53 Å². The molecular formula is C21H22FKO7. The van der Waals surface area contributed by atoms with E-state index < -0.39 is 30.9 Å². The summed E-state index contributed by atoms with van der Waals surface area (Å²) in [4.78, 5) is 10.2. The number of allylic oxidation sites excluding steroid dienone is 4. The Bertz CT molecular complexity index is 766. The molecule has 7 nitrogen and oxygen atoms in total. The molecule has 0 fully saturated rings. The Morgan fingerprint density at radius 1 is 1.07 bits per heavy atom. The molecule has 0 radical (unpaired) electrons. The van der Waals surface area contributed by atoms with E-state index in [4.69, 9.17) is 4.74 Å². The number of hydrogen-bond acceptors (Lipinski definition) is 7. The van der Waals surface area contributed by atoms with Gasteiger partial charge in [-0.15, -0.1) is 0 Å². The van der Waals surface area contributed by atoms with Crippen LogP contribution in [0.25, 0.3) is 0 Å². The summed E-state index contributed by atoms with van der Waals surface area (Å²) in [5.41, 5.74) is 0. The Morgan fingerprint density at radius 2 is 1.73 bits per heavy atom. The molecule has 0 bridgehead atoms. The van der Waals surface area contributed by atoms with Gasteiger partial charge in [-0.2, -0.15) is 0 Å². The Hall–Kier alpha value is -1.32. The fourth-order valence-corrected chi connectivity index (χ4v) is 1.79. The molecule has 0 amide bonds. The molecule has 0 heterocycles. The third kappa shape index (κ3) is 14.6. The van der Waals surface area contributed by atoms with Crippen LogP contribution in [0, 0.1) is 17.7 Å². The summed E-state index contributed by atoms with van der Waals surface area (Å²) in [6.45, 7) is -1.01. The van der Waals surface area contributed by atoms with E-state index in [-0.39, 0.29) is 70.4 Å². The second-order valence-electron chi connectivity index (χ2n) is 5.67. The number of halogens is 1. The molecule has 0 aliphatic rings. The number of carbonyl (C=O) groups is 1. The molecule has 0 saturated carbocycles. The van der Waals surface area contributed by atoms with Crippen LogP contribution in [0.1, 0.15) is 0 Å². The van der Waals surface area contributed by atoms with Crippen LogP contribution in [0.2, 0.25) is 0 Å². The average Bonchev–Trinajstić information content (AvgIpc) is 2.69. The maximum Gasteiger partial charge on any atom is 1.00 e. The number of carbonyl (C=O) groups excluding carboxylic acids is 1. The summed E-state index contributed by atoms with van der Waals surface area (Å²) in [6.07, 6.45) is 5.24. The average molecular weight is 444 g/mol. The zero-order valence-electron chi connectivity index (χ0n) is 16.5. The summed E-state index contributed by atoms with van der Waals surface area (Å²) in [5, 5.41) is 39.0. The van der Waals surface area contributed by atoms with E-state index in [9.17, 15) is 29.6 Å². The van der Waals surface area contributed by atoms with Gasteiger partial charge in [-0.3, -0.25) is 0 Å². The summed E-state index contributed by atoms with van der Waals surface area (Å²) in [7, 11) is 0. The number of aliphatic hydroxyl groups is 3. The molecular weight excluding hydrogens is 422 g/mol. The van der Waals surface area contributed by atoms with Crippen LogP contribution in [0.15, 0.2) is 60.7 Å². The second kappa shape index (κ2) is 17.4. The third-order valence-corrected chi connectivity index (χ3v) is 3.22. The van der Waals surface area contributed by atoms with Crippen LogP contribution < -0.4 is 61.2 Å². The van der Waals surface area contributed by atoms with E-state index in [1.54, 1.807) is 0 Å². The van der Waals surface area contributed by atoms with Gasteiger partial charge in [-0.1, -0.05) is 30.1 Å². The number of aliphatic hydroxyl groups excluding tert-OH is 3. The van der Waals surface area contributed by atoms with Crippen LogP contribution in [0.5, 0.6) is 5.75 Å². The van der Waals surface area contributed by atoms with Gasteiger partial charge in [-0.25, -0.2) is 4.39 Å². The zero-order valence-corrected chi connectivity index (χ0v) is 19.6. The van der Waals surface area contributed by atoms with E-state index in [1.165, 1.54) is 60.7 Å². The standard InChI is InChI=1S/C21H23FO7.K/c22-16-9-11-18(12-10-16)29-13-17(23)7-5-3-1-2-4-6-8-19(24)20(25)14-28-15-21(26)27;/h2,4-12,17,19-20,23-25H,13-15H2,(H,26,27);/q;+1/p-1/b4-2+,7-5+,8-6?;/t17-,19?,20-;/m0./s1. The van der Waals surface area contributed by atoms with Crippen LogP contribution in [-0.4, -0.2) is 59.4 Å². The summed E-state index contributed by atoms with van der Waals surface area (Å²) >= 11 is 0. The molecule has 156 valence electrons. The normalized spacial score (nSPS) is 14.1. The van der Waals surface area contributed by atoms with Crippen molar-refractivity contribution in [2.75, 3.05) is 19.8 Å². The molecule has 0 aliphatic carbocycles. The zero-order chi connectivity index (χ0) is 21.5. The van der Waals surface area contributed by atoms with Crippen molar-refractivity contribution in [2.45, 2.75) is 18.3 Å². The van der Waals surface area contributed by atoms with Gasteiger partial charge in [0.05, 0.1) is 19.2 Å². The maximum absolute atomic E-state index is 12.8.